The van der Waals surface area contributed by atoms with Crippen molar-refractivity contribution in [2.45, 2.75) is 25.2 Å². The Bertz CT molecular complexity index is 2010. The molecular weight excluding hydrogens is 522 g/mol. The van der Waals surface area contributed by atoms with Crippen molar-refractivity contribution in [3.63, 3.8) is 0 Å². The number of rotatable bonds is 5. The second-order valence-corrected chi connectivity index (χ2v) is 11.7. The molecule has 1 aromatic heterocycles. The molecule has 0 saturated carbocycles. The van der Waals surface area contributed by atoms with Crippen molar-refractivity contribution in [3.8, 4) is 5.69 Å². The van der Waals surface area contributed by atoms with E-state index in [-0.39, 0.29) is 0 Å². The van der Waals surface area contributed by atoms with Gasteiger partial charge in [0.1, 0.15) is 0 Å². The molecule has 0 aliphatic heterocycles. The van der Waals surface area contributed by atoms with Crippen molar-refractivity contribution in [2.75, 3.05) is 6.54 Å². The maximum atomic E-state index is 4.94. The van der Waals surface area contributed by atoms with Crippen molar-refractivity contribution >= 4 is 39.9 Å². The quantitative estimate of drug-likeness (QED) is 0.153. The Morgan fingerprint density at radius 3 is 2.40 bits per heavy atom. The van der Waals surface area contributed by atoms with Crippen molar-refractivity contribution in [1.82, 2.24) is 4.57 Å². The SMILES string of the molecule is C=N/C(=N\CC1=CC2Cc3cccc(-n4c5ccccc5c5ccccc54)c3C2C=C1)c1cccc(C2=CCCC=C2)c1. The first kappa shape index (κ1) is 25.7. The molecule has 3 aliphatic rings. The molecule has 3 heteroatoms. The Balaban J connectivity index is 1.10. The van der Waals surface area contributed by atoms with Gasteiger partial charge in [0, 0.05) is 22.3 Å². The maximum absolute atomic E-state index is 4.94. The standard InChI is InChI=1S/C40H33N3/c1-41-40(31-15-9-13-29(24-31)28-11-3-2-4-12-28)42-26-27-21-22-33-32(23-27)25-30-14-10-20-38(39(30)33)43-36-18-7-5-16-34(36)35-17-6-8-19-37(35)43/h3,5-24,32-33H,1-2,4,25-26H2/b42-40-. The summed E-state index contributed by atoms with van der Waals surface area (Å²) in [6, 6.07) is 32.9. The van der Waals surface area contributed by atoms with Crippen LogP contribution in [-0.2, 0) is 6.42 Å². The molecule has 4 aromatic carbocycles. The molecule has 3 nitrogen and oxygen atoms in total. The zero-order valence-electron chi connectivity index (χ0n) is 24.2. The Labute approximate surface area is 252 Å². The van der Waals surface area contributed by atoms with E-state index >= 15 is 0 Å². The minimum absolute atomic E-state index is 0.351. The molecule has 0 N–H and O–H groups in total. The average Bonchev–Trinajstić information content (AvgIpc) is 3.61. The number of allylic oxidation sites excluding steroid dienone is 6. The van der Waals surface area contributed by atoms with Crippen LogP contribution in [0.15, 0.2) is 143 Å². The number of benzene rings is 4. The van der Waals surface area contributed by atoms with Crippen LogP contribution in [0.2, 0.25) is 0 Å². The number of fused-ring (bicyclic) bond motifs is 6. The lowest BCUT2D eigenvalue weighted by Crippen LogP contribution is -2.10. The fourth-order valence-corrected chi connectivity index (χ4v) is 7.26. The van der Waals surface area contributed by atoms with Crippen molar-refractivity contribution in [1.29, 1.82) is 0 Å². The highest BCUT2D eigenvalue weighted by molar-refractivity contribution is 6.09. The highest BCUT2D eigenvalue weighted by atomic mass is 15.0. The minimum Gasteiger partial charge on any atom is -0.309 e. The van der Waals surface area contributed by atoms with Gasteiger partial charge in [0.2, 0.25) is 0 Å². The van der Waals surface area contributed by atoms with E-state index in [4.69, 9.17) is 4.99 Å². The number of aromatic nitrogens is 1. The lowest BCUT2D eigenvalue weighted by molar-refractivity contribution is 0.622. The highest BCUT2D eigenvalue weighted by Gasteiger charge is 2.34. The predicted molar refractivity (Wildman–Crippen MR) is 182 cm³/mol. The molecule has 1 heterocycles. The summed E-state index contributed by atoms with van der Waals surface area (Å²) in [6.45, 7) is 4.45. The summed E-state index contributed by atoms with van der Waals surface area (Å²) < 4.78 is 2.47. The largest absolute Gasteiger partial charge is 0.309 e. The number of aliphatic imine (C=N–C) groups is 2. The fraction of sp³-hybridized carbons (Fsp3) is 0.150. The Morgan fingerprint density at radius 1 is 0.837 bits per heavy atom. The van der Waals surface area contributed by atoms with Crippen molar-refractivity contribution < 1.29 is 0 Å². The molecule has 0 spiro atoms. The highest BCUT2D eigenvalue weighted by Crippen LogP contribution is 2.46. The predicted octanol–water partition coefficient (Wildman–Crippen LogP) is 9.42. The third-order valence-corrected chi connectivity index (χ3v) is 9.20. The normalized spacial score (nSPS) is 19.3. The Kier molecular flexibility index (Phi) is 6.37. The van der Waals surface area contributed by atoms with Gasteiger partial charge in [-0.2, -0.15) is 0 Å². The van der Waals surface area contributed by atoms with Crippen molar-refractivity contribution in [3.05, 3.63) is 155 Å². The summed E-state index contributed by atoms with van der Waals surface area (Å²) in [7, 11) is 0. The third kappa shape index (κ3) is 4.44. The molecule has 0 bridgehead atoms. The van der Waals surface area contributed by atoms with Gasteiger partial charge in [-0.15, -0.1) is 0 Å². The molecular formula is C40H33N3. The van der Waals surface area contributed by atoms with E-state index in [0.717, 1.165) is 24.8 Å². The van der Waals surface area contributed by atoms with Crippen LogP contribution >= 0.6 is 0 Å². The Morgan fingerprint density at radius 2 is 1.63 bits per heavy atom. The van der Waals surface area contributed by atoms with Gasteiger partial charge in [-0.1, -0.05) is 103 Å². The molecule has 0 fully saturated rings. The first-order valence-corrected chi connectivity index (χ1v) is 15.3. The summed E-state index contributed by atoms with van der Waals surface area (Å²) in [5.41, 5.74) is 11.4. The number of hydrogen-bond acceptors (Lipinski definition) is 1. The number of nitrogens with zero attached hydrogens (tertiary/aromatic N) is 3. The molecule has 0 amide bonds. The van der Waals surface area contributed by atoms with Gasteiger partial charge in [0.25, 0.3) is 0 Å². The molecule has 208 valence electrons. The monoisotopic (exact) mass is 555 g/mol. The minimum atomic E-state index is 0.351. The van der Waals surface area contributed by atoms with Crippen LogP contribution in [0.1, 0.15) is 41.0 Å². The van der Waals surface area contributed by atoms with E-state index in [1.165, 1.54) is 55.3 Å². The molecule has 8 rings (SSSR count). The first-order valence-electron chi connectivity index (χ1n) is 15.3. The summed E-state index contributed by atoms with van der Waals surface area (Å²) >= 11 is 0. The van der Waals surface area contributed by atoms with Gasteiger partial charge in [0.15, 0.2) is 5.84 Å². The zero-order valence-corrected chi connectivity index (χ0v) is 24.2. The molecule has 2 atom stereocenters. The van der Waals surface area contributed by atoms with Gasteiger partial charge >= 0.3 is 0 Å². The molecule has 0 radical (unpaired) electrons. The number of amidine groups is 1. The van der Waals surface area contributed by atoms with Crippen LogP contribution in [0, 0.1) is 5.92 Å². The molecule has 5 aromatic rings. The van der Waals surface area contributed by atoms with Gasteiger partial charge in [-0.3, -0.25) is 4.99 Å². The van der Waals surface area contributed by atoms with Gasteiger partial charge < -0.3 is 4.57 Å². The van der Waals surface area contributed by atoms with Crippen LogP contribution in [0.25, 0.3) is 33.1 Å². The second-order valence-electron chi connectivity index (χ2n) is 11.7. The number of para-hydroxylation sites is 2. The van der Waals surface area contributed by atoms with Crippen molar-refractivity contribution in [2.24, 2.45) is 15.9 Å². The third-order valence-electron chi connectivity index (χ3n) is 9.20. The van der Waals surface area contributed by atoms with Gasteiger partial charge in [0.05, 0.1) is 23.3 Å². The Hall–Kier alpha value is -5.02. The van der Waals surface area contributed by atoms with E-state index < -0.39 is 0 Å². The number of hydrogen-bond donors (Lipinski definition) is 0. The van der Waals surface area contributed by atoms with Crippen LogP contribution in [0.4, 0.5) is 0 Å². The fourth-order valence-electron chi connectivity index (χ4n) is 7.26. The van der Waals surface area contributed by atoms with Crippen LogP contribution in [-0.4, -0.2) is 23.7 Å². The van der Waals surface area contributed by atoms with Crippen LogP contribution in [0.3, 0.4) is 0 Å². The van der Waals surface area contributed by atoms with Gasteiger partial charge in [-0.25, -0.2) is 4.99 Å². The van der Waals surface area contributed by atoms with E-state index in [1.54, 1.807) is 0 Å². The molecule has 3 aliphatic carbocycles. The molecule has 0 saturated heterocycles. The van der Waals surface area contributed by atoms with Gasteiger partial charge in [-0.05, 0) is 84.0 Å². The second kappa shape index (κ2) is 10.7. The topological polar surface area (TPSA) is 29.6 Å². The van der Waals surface area contributed by atoms with Crippen LogP contribution < -0.4 is 0 Å². The summed E-state index contributed by atoms with van der Waals surface area (Å²) in [4.78, 5) is 9.26. The lowest BCUT2D eigenvalue weighted by Gasteiger charge is -2.22. The molecule has 2 unspecified atom stereocenters. The summed E-state index contributed by atoms with van der Waals surface area (Å²) in [5.74, 6) is 1.47. The van der Waals surface area contributed by atoms with E-state index in [2.05, 4.69) is 144 Å². The molecule has 43 heavy (non-hydrogen) atoms. The first-order chi connectivity index (χ1) is 21.3. The summed E-state index contributed by atoms with van der Waals surface area (Å²) in [6.07, 6.45) is 17.1. The van der Waals surface area contributed by atoms with E-state index in [0.29, 0.717) is 24.2 Å². The van der Waals surface area contributed by atoms with E-state index in [9.17, 15) is 0 Å². The lowest BCUT2D eigenvalue weighted by atomic mass is 9.85. The van der Waals surface area contributed by atoms with E-state index in [1.807, 2.05) is 0 Å². The van der Waals surface area contributed by atoms with Crippen LogP contribution in [0.5, 0.6) is 0 Å². The maximum Gasteiger partial charge on any atom is 0.154 e. The smallest absolute Gasteiger partial charge is 0.154 e. The zero-order chi connectivity index (χ0) is 28.8. The average molecular weight is 556 g/mol. The summed E-state index contributed by atoms with van der Waals surface area (Å²) in [5, 5.41) is 2.60.